The van der Waals surface area contributed by atoms with Crippen molar-refractivity contribution in [3.8, 4) is 0 Å². The zero-order chi connectivity index (χ0) is 14.0. The van der Waals surface area contributed by atoms with E-state index < -0.39 is 11.9 Å². The zero-order valence-corrected chi connectivity index (χ0v) is 11.2. The van der Waals surface area contributed by atoms with Crippen molar-refractivity contribution in [1.82, 2.24) is 10.2 Å². The van der Waals surface area contributed by atoms with Crippen LogP contribution < -0.4 is 5.32 Å². The molecule has 98 valence electrons. The number of hydrogen-bond acceptors (Lipinski definition) is 5. The van der Waals surface area contributed by atoms with Gasteiger partial charge in [-0.3, -0.25) is 4.79 Å². The van der Waals surface area contributed by atoms with E-state index in [1.54, 1.807) is 19.1 Å². The van der Waals surface area contributed by atoms with Crippen LogP contribution >= 0.6 is 22.9 Å². The highest BCUT2D eigenvalue weighted by atomic mass is 35.5. The van der Waals surface area contributed by atoms with Gasteiger partial charge in [0.25, 0.3) is 5.91 Å². The van der Waals surface area contributed by atoms with Gasteiger partial charge in [0.1, 0.15) is 0 Å². The molecule has 0 radical (unpaired) electrons. The Labute approximate surface area is 117 Å². The van der Waals surface area contributed by atoms with E-state index in [9.17, 15) is 9.59 Å². The fraction of sp³-hybridized carbons (Fsp3) is 0.0909. The number of rotatable bonds is 3. The van der Waals surface area contributed by atoms with E-state index >= 15 is 0 Å². The van der Waals surface area contributed by atoms with Gasteiger partial charge in [0.05, 0.1) is 5.56 Å². The van der Waals surface area contributed by atoms with Gasteiger partial charge in [0.2, 0.25) is 9.47 Å². The van der Waals surface area contributed by atoms with Crippen LogP contribution in [-0.2, 0) is 0 Å². The Morgan fingerprint density at radius 1 is 1.37 bits per heavy atom. The standard InChI is InChI=1S/C11H8ClN3O3S/c1-5-6(10(17)18)3-2-4-7(5)13-8(16)9-14-15-11(12)19-9/h2-4H,1H3,(H,13,16)(H,17,18). The molecule has 19 heavy (non-hydrogen) atoms. The minimum absolute atomic E-state index is 0.116. The molecule has 2 rings (SSSR count). The number of carboxylic acid groups (broad SMARTS) is 1. The number of carbonyl (C=O) groups is 2. The van der Waals surface area contributed by atoms with Gasteiger partial charge in [0, 0.05) is 5.69 Å². The van der Waals surface area contributed by atoms with E-state index in [0.717, 1.165) is 11.3 Å². The lowest BCUT2D eigenvalue weighted by Gasteiger charge is -2.08. The second kappa shape index (κ2) is 5.33. The van der Waals surface area contributed by atoms with Crippen LogP contribution in [-0.4, -0.2) is 27.2 Å². The van der Waals surface area contributed by atoms with Crippen molar-refractivity contribution in [1.29, 1.82) is 0 Å². The van der Waals surface area contributed by atoms with Gasteiger partial charge in [-0.05, 0) is 36.2 Å². The first-order chi connectivity index (χ1) is 8.99. The third-order valence-corrected chi connectivity index (χ3v) is 3.42. The van der Waals surface area contributed by atoms with Crippen molar-refractivity contribution in [2.24, 2.45) is 0 Å². The molecule has 8 heteroatoms. The zero-order valence-electron chi connectivity index (χ0n) is 9.68. The molecule has 0 unspecified atom stereocenters. The van der Waals surface area contributed by atoms with E-state index in [1.807, 2.05) is 0 Å². The maximum atomic E-state index is 11.9. The molecule has 1 heterocycles. The highest BCUT2D eigenvalue weighted by molar-refractivity contribution is 7.17. The number of carbonyl (C=O) groups excluding carboxylic acids is 1. The quantitative estimate of drug-likeness (QED) is 0.908. The van der Waals surface area contributed by atoms with Gasteiger partial charge >= 0.3 is 5.97 Å². The monoisotopic (exact) mass is 297 g/mol. The molecule has 0 fully saturated rings. The van der Waals surface area contributed by atoms with Crippen molar-refractivity contribution >= 4 is 40.5 Å². The molecule has 0 saturated heterocycles. The van der Waals surface area contributed by atoms with E-state index in [1.165, 1.54) is 6.07 Å². The van der Waals surface area contributed by atoms with E-state index in [0.29, 0.717) is 11.3 Å². The summed E-state index contributed by atoms with van der Waals surface area (Å²) >= 11 is 6.54. The number of amides is 1. The predicted octanol–water partition coefficient (Wildman–Crippen LogP) is 2.45. The van der Waals surface area contributed by atoms with Crippen LogP contribution in [0, 0.1) is 6.92 Å². The summed E-state index contributed by atoms with van der Waals surface area (Å²) in [7, 11) is 0. The molecular formula is C11H8ClN3O3S. The Kier molecular flexibility index (Phi) is 3.77. The highest BCUT2D eigenvalue weighted by Crippen LogP contribution is 2.21. The van der Waals surface area contributed by atoms with Gasteiger partial charge in [0.15, 0.2) is 0 Å². The smallest absolute Gasteiger partial charge is 0.336 e. The summed E-state index contributed by atoms with van der Waals surface area (Å²) in [5, 5.41) is 18.8. The van der Waals surface area contributed by atoms with Gasteiger partial charge < -0.3 is 10.4 Å². The van der Waals surface area contributed by atoms with Crippen molar-refractivity contribution in [3.63, 3.8) is 0 Å². The van der Waals surface area contributed by atoms with Crippen molar-refractivity contribution in [2.45, 2.75) is 6.92 Å². The lowest BCUT2D eigenvalue weighted by Crippen LogP contribution is -2.13. The van der Waals surface area contributed by atoms with E-state index in [-0.39, 0.29) is 15.0 Å². The van der Waals surface area contributed by atoms with Gasteiger partial charge in [-0.15, -0.1) is 10.2 Å². The number of hydrogen-bond donors (Lipinski definition) is 2. The molecule has 0 atom stereocenters. The van der Waals surface area contributed by atoms with Crippen LogP contribution in [0.5, 0.6) is 0 Å². The number of halogens is 1. The van der Waals surface area contributed by atoms with Gasteiger partial charge in [-0.2, -0.15) is 0 Å². The number of benzene rings is 1. The molecule has 0 aliphatic rings. The number of aromatic carboxylic acids is 1. The summed E-state index contributed by atoms with van der Waals surface area (Å²) < 4.78 is 0.168. The number of nitrogens with one attached hydrogen (secondary N) is 1. The molecule has 1 amide bonds. The van der Waals surface area contributed by atoms with Crippen LogP contribution in [0.3, 0.4) is 0 Å². The predicted molar refractivity (Wildman–Crippen MR) is 71.0 cm³/mol. The van der Waals surface area contributed by atoms with Crippen LogP contribution in [0.25, 0.3) is 0 Å². The fourth-order valence-electron chi connectivity index (χ4n) is 1.48. The van der Waals surface area contributed by atoms with Crippen molar-refractivity contribution in [3.05, 3.63) is 38.8 Å². The maximum absolute atomic E-state index is 11.9. The Morgan fingerprint density at radius 2 is 2.11 bits per heavy atom. The summed E-state index contributed by atoms with van der Waals surface area (Å²) in [4.78, 5) is 22.8. The van der Waals surface area contributed by atoms with E-state index in [4.69, 9.17) is 16.7 Å². The maximum Gasteiger partial charge on any atom is 0.336 e. The number of anilines is 1. The van der Waals surface area contributed by atoms with Crippen LogP contribution in [0.1, 0.15) is 25.7 Å². The second-order valence-corrected chi connectivity index (χ2v) is 5.16. The molecule has 0 saturated carbocycles. The lowest BCUT2D eigenvalue weighted by atomic mass is 10.1. The normalized spacial score (nSPS) is 10.2. The number of nitrogens with zero attached hydrogens (tertiary/aromatic N) is 2. The molecule has 0 bridgehead atoms. The fourth-order valence-corrected chi connectivity index (χ4v) is 2.20. The first kappa shape index (κ1) is 13.4. The Balaban J connectivity index is 2.27. The molecule has 2 N–H and O–H groups in total. The van der Waals surface area contributed by atoms with Gasteiger partial charge in [-0.25, -0.2) is 4.79 Å². The lowest BCUT2D eigenvalue weighted by molar-refractivity contribution is 0.0695. The minimum Gasteiger partial charge on any atom is -0.478 e. The number of carboxylic acids is 1. The first-order valence-corrected chi connectivity index (χ1v) is 6.31. The van der Waals surface area contributed by atoms with Crippen molar-refractivity contribution in [2.75, 3.05) is 5.32 Å². The molecule has 2 aromatic rings. The summed E-state index contributed by atoms with van der Waals surface area (Å²) in [6.07, 6.45) is 0. The summed E-state index contributed by atoms with van der Waals surface area (Å²) in [5.41, 5.74) is 1.02. The highest BCUT2D eigenvalue weighted by Gasteiger charge is 2.15. The molecule has 6 nitrogen and oxygen atoms in total. The molecule has 0 aliphatic carbocycles. The summed E-state index contributed by atoms with van der Waals surface area (Å²) in [6.45, 7) is 1.62. The first-order valence-electron chi connectivity index (χ1n) is 5.12. The third-order valence-electron chi connectivity index (χ3n) is 2.41. The van der Waals surface area contributed by atoms with Crippen molar-refractivity contribution < 1.29 is 14.7 Å². The summed E-state index contributed by atoms with van der Waals surface area (Å²) in [5.74, 6) is -1.53. The Hall–Kier alpha value is -1.99. The molecular weight excluding hydrogens is 290 g/mol. The molecule has 0 aliphatic heterocycles. The third kappa shape index (κ3) is 2.88. The largest absolute Gasteiger partial charge is 0.478 e. The Morgan fingerprint density at radius 3 is 2.68 bits per heavy atom. The van der Waals surface area contributed by atoms with Gasteiger partial charge in [-0.1, -0.05) is 17.4 Å². The molecule has 1 aromatic carbocycles. The average molecular weight is 298 g/mol. The molecule has 1 aromatic heterocycles. The SMILES string of the molecule is Cc1c(NC(=O)c2nnc(Cl)s2)cccc1C(=O)O. The Bertz CT molecular complexity index is 656. The summed E-state index contributed by atoms with van der Waals surface area (Å²) in [6, 6.07) is 4.64. The van der Waals surface area contributed by atoms with Crippen LogP contribution in [0.2, 0.25) is 4.47 Å². The minimum atomic E-state index is -1.05. The topological polar surface area (TPSA) is 92.2 Å². The second-order valence-electron chi connectivity index (χ2n) is 3.60. The van der Waals surface area contributed by atoms with E-state index in [2.05, 4.69) is 15.5 Å². The molecule has 0 spiro atoms. The van der Waals surface area contributed by atoms with Crippen LogP contribution in [0.4, 0.5) is 5.69 Å². The van der Waals surface area contributed by atoms with Crippen LogP contribution in [0.15, 0.2) is 18.2 Å². The average Bonchev–Trinajstić information content (AvgIpc) is 2.78. The number of aromatic nitrogens is 2.